The van der Waals surface area contributed by atoms with Crippen molar-refractivity contribution in [3.8, 4) is 0 Å². The summed E-state index contributed by atoms with van der Waals surface area (Å²) in [6, 6.07) is 0. The van der Waals surface area contributed by atoms with E-state index in [1.807, 2.05) is 0 Å². The zero-order valence-corrected chi connectivity index (χ0v) is 55.2. The number of unbranched alkanes of at least 4 members (excludes halogenated alkanes) is 35. The average molecular weight is 1150 g/mol. The van der Waals surface area contributed by atoms with Crippen LogP contribution in [0.2, 0.25) is 0 Å². The molecule has 0 aliphatic heterocycles. The van der Waals surface area contributed by atoms with Crippen LogP contribution in [0.25, 0.3) is 0 Å². The quantitative estimate of drug-likeness (QED) is 0.0398. The minimum Gasteiger partial charge on any atom is -0.464 e. The summed E-state index contributed by atoms with van der Waals surface area (Å²) in [5.41, 5.74) is 0. The van der Waals surface area contributed by atoms with Gasteiger partial charge in [-0.2, -0.15) is 0 Å². The Balaban J connectivity index is 4.80. The molecule has 0 fully saturated rings. The van der Waals surface area contributed by atoms with Gasteiger partial charge in [-0.1, -0.05) is 279 Å². The molecule has 0 amide bonds. The molecule has 0 rings (SSSR count). The predicted octanol–water partition coefficient (Wildman–Crippen LogP) is 17.0. The van der Waals surface area contributed by atoms with Crippen molar-refractivity contribution in [1.82, 2.24) is 19.6 Å². The topological polar surface area (TPSA) is 126 Å². The Morgan fingerprint density at radius 3 is 0.815 bits per heavy atom. The number of carbonyl (C=O) groups excluding carboxylic acids is 2. The van der Waals surface area contributed by atoms with Crippen molar-refractivity contribution < 1.29 is 34.4 Å². The van der Waals surface area contributed by atoms with E-state index in [0.29, 0.717) is 65.3 Å². The van der Waals surface area contributed by atoms with Gasteiger partial charge in [0.2, 0.25) is 0 Å². The van der Waals surface area contributed by atoms with Gasteiger partial charge in [0.05, 0.1) is 31.2 Å². The zero-order valence-electron chi connectivity index (χ0n) is 55.2. The fourth-order valence-electron chi connectivity index (χ4n) is 11.5. The number of hydrogen-bond donors (Lipinski definition) is 3. The molecule has 11 nitrogen and oxygen atoms in total. The lowest BCUT2D eigenvalue weighted by molar-refractivity contribution is -0.145. The Morgan fingerprint density at radius 2 is 0.519 bits per heavy atom. The van der Waals surface area contributed by atoms with Gasteiger partial charge < -0.3 is 34.6 Å². The number of aliphatic hydroxyl groups excluding tert-OH is 3. The Morgan fingerprint density at radius 1 is 0.284 bits per heavy atom. The van der Waals surface area contributed by atoms with Crippen LogP contribution < -0.4 is 0 Å². The molecular weight excluding hydrogens is 1010 g/mol. The van der Waals surface area contributed by atoms with Crippen LogP contribution in [0.5, 0.6) is 0 Å². The first-order valence-corrected chi connectivity index (χ1v) is 35.9. The highest BCUT2D eigenvalue weighted by molar-refractivity contribution is 5.69. The second-order valence-corrected chi connectivity index (χ2v) is 24.9. The van der Waals surface area contributed by atoms with Gasteiger partial charge in [0, 0.05) is 45.8 Å². The summed E-state index contributed by atoms with van der Waals surface area (Å²) in [7, 11) is 0. The van der Waals surface area contributed by atoms with Crippen LogP contribution in [0.1, 0.15) is 330 Å². The van der Waals surface area contributed by atoms with E-state index >= 15 is 0 Å². The third kappa shape index (κ3) is 57.5. The molecule has 484 valence electrons. The summed E-state index contributed by atoms with van der Waals surface area (Å²) in [6.45, 7) is 22.7. The van der Waals surface area contributed by atoms with Gasteiger partial charge in [-0.15, -0.1) is 0 Å². The molecule has 0 spiro atoms. The molecule has 3 atom stereocenters. The maximum absolute atomic E-state index is 13.0. The third-order valence-corrected chi connectivity index (χ3v) is 17.1. The van der Waals surface area contributed by atoms with Crippen molar-refractivity contribution in [3.05, 3.63) is 0 Å². The lowest BCUT2D eigenvalue weighted by Crippen LogP contribution is -2.40. The Bertz CT molecular complexity index is 1250. The van der Waals surface area contributed by atoms with E-state index in [2.05, 4.69) is 61.1 Å². The van der Waals surface area contributed by atoms with Gasteiger partial charge in [-0.25, -0.2) is 0 Å². The normalized spacial score (nSPS) is 13.1. The van der Waals surface area contributed by atoms with Gasteiger partial charge >= 0.3 is 11.9 Å². The summed E-state index contributed by atoms with van der Waals surface area (Å²) < 4.78 is 11.6. The Kier molecular flexibility index (Phi) is 62.1. The van der Waals surface area contributed by atoms with Crippen LogP contribution in [0.4, 0.5) is 0 Å². The molecule has 0 aliphatic rings. The fraction of sp³-hybridized carbons (Fsp3) is 0.971. The minimum atomic E-state index is -0.449. The molecule has 3 unspecified atom stereocenters. The molecule has 0 aliphatic carbocycles. The molecule has 3 N–H and O–H groups in total. The number of aliphatic hydroxyl groups is 3. The first-order valence-electron chi connectivity index (χ1n) is 35.9. The molecule has 81 heavy (non-hydrogen) atoms. The van der Waals surface area contributed by atoms with Crippen LogP contribution in [-0.2, 0) is 19.1 Å². The second-order valence-electron chi connectivity index (χ2n) is 24.9. The number of esters is 2. The van der Waals surface area contributed by atoms with Gasteiger partial charge in [0.25, 0.3) is 0 Å². The highest BCUT2D eigenvalue weighted by atomic mass is 16.5. The standard InChI is InChI=1S/C70H142N4O7/c1-7-13-17-21-25-29-30-34-38-42-46-56-73(63-66(75)49-43-39-35-31-26-22-18-14-8-2)59-61-80-69(78)52-57-71(11-5)54-47-48-55-72(12-6)58-53-70(79)81-62-60-74(64-67(76)50-44-40-36-32-27-23-19-15-9-3)65-68(77)51-45-41-37-33-28-24-20-16-10-4/h66-68,75-77H,7-65H2,1-6H3. The van der Waals surface area contributed by atoms with Gasteiger partial charge in [0.1, 0.15) is 13.2 Å². The number of hydrogen-bond acceptors (Lipinski definition) is 11. The van der Waals surface area contributed by atoms with E-state index in [-0.39, 0.29) is 24.6 Å². The molecule has 0 saturated heterocycles. The summed E-state index contributed by atoms with van der Waals surface area (Å²) >= 11 is 0. The maximum atomic E-state index is 13.0. The van der Waals surface area contributed by atoms with Crippen LogP contribution >= 0.6 is 0 Å². The van der Waals surface area contributed by atoms with Crippen molar-refractivity contribution in [1.29, 1.82) is 0 Å². The molecule has 0 aromatic heterocycles. The third-order valence-electron chi connectivity index (χ3n) is 17.1. The maximum Gasteiger partial charge on any atom is 0.307 e. The molecule has 11 heteroatoms. The van der Waals surface area contributed by atoms with Crippen molar-refractivity contribution in [3.63, 3.8) is 0 Å². The molecular formula is C70H142N4O7. The van der Waals surface area contributed by atoms with E-state index in [9.17, 15) is 24.9 Å². The lowest BCUT2D eigenvalue weighted by atomic mass is 10.0. The smallest absolute Gasteiger partial charge is 0.307 e. The van der Waals surface area contributed by atoms with Gasteiger partial charge in [-0.05, 0) is 71.2 Å². The predicted molar refractivity (Wildman–Crippen MR) is 348 cm³/mol. The van der Waals surface area contributed by atoms with Crippen molar-refractivity contribution in [2.45, 2.75) is 349 Å². The highest BCUT2D eigenvalue weighted by Gasteiger charge is 2.18. The van der Waals surface area contributed by atoms with E-state index in [1.54, 1.807) is 0 Å². The highest BCUT2D eigenvalue weighted by Crippen LogP contribution is 2.17. The van der Waals surface area contributed by atoms with E-state index in [4.69, 9.17) is 9.47 Å². The molecule has 0 radical (unpaired) electrons. The molecule has 0 heterocycles. The van der Waals surface area contributed by atoms with Gasteiger partial charge in [0.15, 0.2) is 0 Å². The molecule has 0 bridgehead atoms. The fourth-order valence-corrected chi connectivity index (χ4v) is 11.5. The summed E-state index contributed by atoms with van der Waals surface area (Å²) in [5.74, 6) is -0.333. The van der Waals surface area contributed by atoms with Crippen molar-refractivity contribution in [2.75, 3.05) is 91.8 Å². The van der Waals surface area contributed by atoms with Crippen molar-refractivity contribution in [2.24, 2.45) is 0 Å². The number of ether oxygens (including phenoxy) is 2. The van der Waals surface area contributed by atoms with E-state index in [0.717, 1.165) is 103 Å². The lowest BCUT2D eigenvalue weighted by Gasteiger charge is -2.27. The first-order chi connectivity index (χ1) is 39.6. The van der Waals surface area contributed by atoms with Crippen molar-refractivity contribution >= 4 is 11.9 Å². The molecule has 0 saturated carbocycles. The minimum absolute atomic E-state index is 0.140. The van der Waals surface area contributed by atoms with E-state index in [1.165, 1.54) is 205 Å². The first kappa shape index (κ1) is 79.7. The van der Waals surface area contributed by atoms with Crippen LogP contribution in [0.15, 0.2) is 0 Å². The van der Waals surface area contributed by atoms with Gasteiger partial charge in [-0.3, -0.25) is 19.4 Å². The monoisotopic (exact) mass is 1150 g/mol. The van der Waals surface area contributed by atoms with Crippen LogP contribution in [0.3, 0.4) is 0 Å². The van der Waals surface area contributed by atoms with Crippen LogP contribution in [0, 0.1) is 0 Å². The summed E-state index contributed by atoms with van der Waals surface area (Å²) in [6.07, 6.45) is 52.6. The Hall–Kier alpha value is -1.34. The number of nitrogens with zero attached hydrogens (tertiary/aromatic N) is 4. The molecule has 0 aromatic carbocycles. The number of rotatable bonds is 67. The second kappa shape index (κ2) is 63.2. The van der Waals surface area contributed by atoms with E-state index < -0.39 is 12.2 Å². The summed E-state index contributed by atoms with van der Waals surface area (Å²) in [5, 5.41) is 33.2. The molecule has 0 aromatic rings. The summed E-state index contributed by atoms with van der Waals surface area (Å²) in [4.78, 5) is 35.1. The SMILES string of the molecule is CCCCCCCCCCCCCN(CCOC(=O)CCN(CC)CCCCN(CC)CCC(=O)OCCN(CC(O)CCCCCCCCCCC)CC(O)CCCCCCCCCCC)CC(O)CCCCCCCCCCC. The Labute approximate surface area is 504 Å². The number of carbonyl (C=O) groups is 2. The van der Waals surface area contributed by atoms with Crippen LogP contribution in [-0.4, -0.2) is 157 Å². The zero-order chi connectivity index (χ0) is 59.3. The largest absolute Gasteiger partial charge is 0.464 e. The average Bonchev–Trinajstić information content (AvgIpc) is 3.45.